The minimum atomic E-state index is -0.501. The van der Waals surface area contributed by atoms with E-state index in [1.807, 2.05) is 29.2 Å². The predicted octanol–water partition coefficient (Wildman–Crippen LogP) is 3.40. The number of piperidine rings is 2. The average molecular weight is 487 g/mol. The number of aliphatic hydroxyl groups is 1. The van der Waals surface area contributed by atoms with Crippen LogP contribution in [0, 0.1) is 0 Å². The highest BCUT2D eigenvalue weighted by atomic mass is 16.7. The van der Waals surface area contributed by atoms with E-state index in [2.05, 4.69) is 4.90 Å². The van der Waals surface area contributed by atoms with Crippen LogP contribution in [0.3, 0.4) is 0 Å². The van der Waals surface area contributed by atoms with Crippen molar-refractivity contribution in [3.8, 4) is 11.5 Å². The molecule has 0 aliphatic carbocycles. The number of fused-ring (bicyclic) bond motifs is 1. The summed E-state index contributed by atoms with van der Waals surface area (Å²) in [6.45, 7) is 4.78. The van der Waals surface area contributed by atoms with E-state index in [-0.39, 0.29) is 25.2 Å². The summed E-state index contributed by atoms with van der Waals surface area (Å²) in [5.74, 6) is 1.79. The summed E-state index contributed by atoms with van der Waals surface area (Å²) >= 11 is 0. The number of aliphatic hydroxyl groups excluding tert-OH is 1. The Morgan fingerprint density at radius 3 is 2.63 bits per heavy atom. The summed E-state index contributed by atoms with van der Waals surface area (Å²) in [7, 11) is 0. The molecule has 1 aromatic carbocycles. The second-order valence-electron chi connectivity index (χ2n) is 9.95. The van der Waals surface area contributed by atoms with Gasteiger partial charge in [0.2, 0.25) is 13.1 Å². The van der Waals surface area contributed by atoms with Gasteiger partial charge in [-0.3, -0.25) is 4.79 Å². The fourth-order valence-electron chi connectivity index (χ4n) is 5.59. The molecular weight excluding hydrogens is 448 g/mol. The van der Waals surface area contributed by atoms with Gasteiger partial charge in [-0.2, -0.15) is 0 Å². The van der Waals surface area contributed by atoms with Crippen LogP contribution < -0.4 is 9.47 Å². The number of nitrogens with zero attached hydrogens (tertiary/aromatic N) is 2. The molecule has 192 valence electrons. The van der Waals surface area contributed by atoms with Crippen molar-refractivity contribution in [1.29, 1.82) is 0 Å². The molecule has 4 heterocycles. The molecule has 4 aliphatic heterocycles. The molecule has 0 bridgehead atoms. The number of unbranched alkanes of at least 4 members (excludes halogenated alkanes) is 1. The Balaban J connectivity index is 1.26. The lowest BCUT2D eigenvalue weighted by atomic mass is 9.92. The van der Waals surface area contributed by atoms with Crippen molar-refractivity contribution in [2.75, 3.05) is 46.2 Å². The number of allylic oxidation sites excluding steroid dienone is 1. The molecule has 1 amide bonds. The molecule has 1 N–H and O–H groups in total. The Labute approximate surface area is 207 Å². The van der Waals surface area contributed by atoms with E-state index in [4.69, 9.17) is 24.1 Å². The van der Waals surface area contributed by atoms with Crippen LogP contribution >= 0.6 is 0 Å². The molecule has 2 atom stereocenters. The minimum absolute atomic E-state index is 0.0223. The highest BCUT2D eigenvalue weighted by molar-refractivity contribution is 5.92. The molecule has 2 saturated heterocycles. The second-order valence-corrected chi connectivity index (χ2v) is 9.95. The molecule has 8 heteroatoms. The zero-order valence-corrected chi connectivity index (χ0v) is 20.5. The van der Waals surface area contributed by atoms with E-state index >= 15 is 0 Å². The van der Waals surface area contributed by atoms with E-state index in [9.17, 15) is 4.79 Å². The number of hydrogen-bond donors (Lipinski definition) is 1. The molecule has 1 aromatic rings. The number of carbonyl (C=O) groups is 1. The van der Waals surface area contributed by atoms with Crippen LogP contribution in [-0.2, 0) is 14.3 Å². The highest BCUT2D eigenvalue weighted by Crippen LogP contribution is 2.39. The first-order valence-electron chi connectivity index (χ1n) is 13.2. The van der Waals surface area contributed by atoms with Gasteiger partial charge in [-0.1, -0.05) is 12.5 Å². The van der Waals surface area contributed by atoms with Gasteiger partial charge < -0.3 is 33.9 Å². The van der Waals surface area contributed by atoms with E-state index in [1.54, 1.807) is 0 Å². The highest BCUT2D eigenvalue weighted by Gasteiger charge is 2.34. The zero-order chi connectivity index (χ0) is 24.0. The van der Waals surface area contributed by atoms with Crippen LogP contribution in [0.15, 0.2) is 30.0 Å². The summed E-state index contributed by atoms with van der Waals surface area (Å²) in [6.07, 6.45) is 9.47. The maximum atomic E-state index is 13.5. The van der Waals surface area contributed by atoms with E-state index in [0.29, 0.717) is 31.2 Å². The fraction of sp³-hybridized carbons (Fsp3) is 0.667. The smallest absolute Gasteiger partial charge is 0.288 e. The van der Waals surface area contributed by atoms with Crippen molar-refractivity contribution < 1.29 is 28.8 Å². The van der Waals surface area contributed by atoms with Crippen LogP contribution in [0.25, 0.3) is 0 Å². The molecule has 0 aromatic heterocycles. The Bertz CT molecular complexity index is 892. The molecule has 8 nitrogen and oxygen atoms in total. The summed E-state index contributed by atoms with van der Waals surface area (Å²) in [4.78, 5) is 18.1. The number of benzene rings is 1. The van der Waals surface area contributed by atoms with Gasteiger partial charge in [0.25, 0.3) is 5.91 Å². The van der Waals surface area contributed by atoms with Gasteiger partial charge in [0.1, 0.15) is 0 Å². The fourth-order valence-corrected chi connectivity index (χ4v) is 5.59. The molecule has 0 unspecified atom stereocenters. The van der Waals surface area contributed by atoms with Crippen molar-refractivity contribution in [2.45, 2.75) is 69.6 Å². The summed E-state index contributed by atoms with van der Waals surface area (Å²) < 4.78 is 23.1. The van der Waals surface area contributed by atoms with E-state index < -0.39 is 6.29 Å². The van der Waals surface area contributed by atoms with Gasteiger partial charge in [-0.25, -0.2) is 0 Å². The van der Waals surface area contributed by atoms with Gasteiger partial charge in [0.15, 0.2) is 17.3 Å². The SMILES string of the molecule is O=C(C1=C[C@H](c2ccc3c(c2)OCO3)C[C@H](OCCCCO)O1)N1CCC(N2CCCCC2)CC1. The van der Waals surface area contributed by atoms with Gasteiger partial charge in [-0.15, -0.1) is 0 Å². The first-order chi connectivity index (χ1) is 17.2. The lowest BCUT2D eigenvalue weighted by molar-refractivity contribution is -0.153. The standard InChI is InChI=1S/C27H38N2O6/c30-14-4-5-15-32-26-18-21(20-6-7-23-24(16-20)34-19-33-23)17-25(35-26)27(31)29-12-8-22(9-13-29)28-10-2-1-3-11-28/h6-7,16-17,21-22,26,30H,1-5,8-15,18-19H2/t21-,26+/m0/s1. The maximum absolute atomic E-state index is 13.5. The molecule has 0 saturated carbocycles. The molecule has 0 spiro atoms. The van der Waals surface area contributed by atoms with E-state index in [0.717, 1.165) is 49.4 Å². The van der Waals surface area contributed by atoms with Crippen molar-refractivity contribution in [3.05, 3.63) is 35.6 Å². The monoisotopic (exact) mass is 486 g/mol. The molecule has 4 aliphatic rings. The van der Waals surface area contributed by atoms with Crippen molar-refractivity contribution >= 4 is 5.91 Å². The molecular formula is C27H38N2O6. The third-order valence-corrected chi connectivity index (χ3v) is 7.61. The number of likely N-dealkylation sites (tertiary alicyclic amines) is 2. The lowest BCUT2D eigenvalue weighted by Crippen LogP contribution is -2.49. The first kappa shape index (κ1) is 24.4. The maximum Gasteiger partial charge on any atom is 0.288 e. The normalized spacial score (nSPS) is 25.3. The third-order valence-electron chi connectivity index (χ3n) is 7.61. The van der Waals surface area contributed by atoms with Gasteiger partial charge in [0, 0.05) is 38.1 Å². The van der Waals surface area contributed by atoms with Gasteiger partial charge in [0.05, 0.1) is 6.61 Å². The van der Waals surface area contributed by atoms with Crippen molar-refractivity contribution in [3.63, 3.8) is 0 Å². The van der Waals surface area contributed by atoms with Crippen molar-refractivity contribution in [2.24, 2.45) is 0 Å². The molecule has 5 rings (SSSR count). The second kappa shape index (κ2) is 11.6. The average Bonchev–Trinajstić information content (AvgIpc) is 3.39. The quantitative estimate of drug-likeness (QED) is 0.564. The third kappa shape index (κ3) is 5.93. The lowest BCUT2D eigenvalue weighted by Gasteiger charge is -2.40. The summed E-state index contributed by atoms with van der Waals surface area (Å²) in [6, 6.07) is 6.52. The van der Waals surface area contributed by atoms with Crippen LogP contribution in [0.1, 0.15) is 62.8 Å². The first-order valence-corrected chi connectivity index (χ1v) is 13.2. The molecule has 2 fully saturated rings. The topological polar surface area (TPSA) is 80.7 Å². The Morgan fingerprint density at radius 1 is 1.03 bits per heavy atom. The van der Waals surface area contributed by atoms with Crippen LogP contribution in [0.5, 0.6) is 11.5 Å². The summed E-state index contributed by atoms with van der Waals surface area (Å²) in [5, 5.41) is 9.06. The Morgan fingerprint density at radius 2 is 1.83 bits per heavy atom. The zero-order valence-electron chi connectivity index (χ0n) is 20.5. The van der Waals surface area contributed by atoms with E-state index in [1.165, 1.54) is 32.4 Å². The Kier molecular flexibility index (Phi) is 8.11. The number of hydrogen-bond acceptors (Lipinski definition) is 7. The van der Waals surface area contributed by atoms with Crippen LogP contribution in [0.2, 0.25) is 0 Å². The Hall–Kier alpha value is -2.29. The van der Waals surface area contributed by atoms with Gasteiger partial charge >= 0.3 is 0 Å². The largest absolute Gasteiger partial charge is 0.459 e. The molecule has 35 heavy (non-hydrogen) atoms. The number of carbonyl (C=O) groups excluding carboxylic acids is 1. The summed E-state index contributed by atoms with van der Waals surface area (Å²) in [5.41, 5.74) is 1.05. The predicted molar refractivity (Wildman–Crippen MR) is 130 cm³/mol. The minimum Gasteiger partial charge on any atom is -0.459 e. The molecule has 0 radical (unpaired) electrons. The number of rotatable bonds is 8. The van der Waals surface area contributed by atoms with Gasteiger partial charge in [-0.05, 0) is 75.4 Å². The van der Waals surface area contributed by atoms with Crippen LogP contribution in [-0.4, -0.2) is 79.3 Å². The number of ether oxygens (including phenoxy) is 4. The van der Waals surface area contributed by atoms with Crippen molar-refractivity contribution in [1.82, 2.24) is 9.80 Å². The van der Waals surface area contributed by atoms with Crippen LogP contribution in [0.4, 0.5) is 0 Å². The number of amides is 1.